The maximum atomic E-state index is 13.1. The number of halogens is 1. The lowest BCUT2D eigenvalue weighted by Gasteiger charge is -2.26. The Balaban J connectivity index is 1.58. The summed E-state index contributed by atoms with van der Waals surface area (Å²) in [5, 5.41) is 14.3. The Bertz CT molecular complexity index is 1420. The van der Waals surface area contributed by atoms with Crippen LogP contribution in [-0.4, -0.2) is 42.6 Å². The van der Waals surface area contributed by atoms with E-state index in [0.29, 0.717) is 21.5 Å². The molecule has 1 heterocycles. The summed E-state index contributed by atoms with van der Waals surface area (Å²) in [5.74, 6) is -1.55. The summed E-state index contributed by atoms with van der Waals surface area (Å²) in [6.07, 6.45) is 1.27. The number of imide groups is 2. The lowest BCUT2D eigenvalue weighted by molar-refractivity contribution is -0.122. The molecule has 0 bridgehead atoms. The molecular formula is C26H20BrN3O7. The Morgan fingerprint density at radius 2 is 1.78 bits per heavy atom. The van der Waals surface area contributed by atoms with Gasteiger partial charge >= 0.3 is 6.03 Å². The van der Waals surface area contributed by atoms with E-state index < -0.39 is 23.8 Å². The van der Waals surface area contributed by atoms with E-state index in [9.17, 15) is 24.3 Å². The van der Waals surface area contributed by atoms with Crippen molar-refractivity contribution in [1.82, 2.24) is 5.32 Å². The third kappa shape index (κ3) is 5.78. The number of hydrogen-bond donors (Lipinski definition) is 3. The monoisotopic (exact) mass is 565 g/mol. The Morgan fingerprint density at radius 3 is 2.51 bits per heavy atom. The van der Waals surface area contributed by atoms with Gasteiger partial charge in [0.15, 0.2) is 6.61 Å². The molecule has 0 radical (unpaired) electrons. The summed E-state index contributed by atoms with van der Waals surface area (Å²) in [6, 6.07) is 16.2. The van der Waals surface area contributed by atoms with Crippen molar-refractivity contribution in [2.45, 2.75) is 0 Å². The van der Waals surface area contributed by atoms with Crippen molar-refractivity contribution in [3.05, 3.63) is 82.3 Å². The topological polar surface area (TPSA) is 134 Å². The maximum absolute atomic E-state index is 13.1. The van der Waals surface area contributed by atoms with Crippen molar-refractivity contribution in [2.75, 3.05) is 23.9 Å². The lowest BCUT2D eigenvalue weighted by Crippen LogP contribution is -2.54. The highest BCUT2D eigenvalue weighted by Gasteiger charge is 2.37. The molecule has 1 fully saturated rings. The first-order valence-corrected chi connectivity index (χ1v) is 11.6. The molecular weight excluding hydrogens is 546 g/mol. The van der Waals surface area contributed by atoms with Crippen LogP contribution in [0.2, 0.25) is 0 Å². The zero-order chi connectivity index (χ0) is 26.5. The quantitative estimate of drug-likeness (QED) is 0.292. The van der Waals surface area contributed by atoms with Crippen molar-refractivity contribution in [3.8, 4) is 17.2 Å². The SMILES string of the molecule is COc1ccccc1NC(=O)COc1ccc(Br)cc1/C=C1/C(=O)NC(=O)N(c2ccc(O)cc2)C1=O. The van der Waals surface area contributed by atoms with E-state index in [4.69, 9.17) is 9.47 Å². The van der Waals surface area contributed by atoms with Gasteiger partial charge in [-0.05, 0) is 60.7 Å². The van der Waals surface area contributed by atoms with Gasteiger partial charge < -0.3 is 19.9 Å². The van der Waals surface area contributed by atoms with Crippen LogP contribution in [0.15, 0.2) is 76.8 Å². The van der Waals surface area contributed by atoms with Gasteiger partial charge in [0, 0.05) is 10.0 Å². The predicted molar refractivity (Wildman–Crippen MR) is 138 cm³/mol. The van der Waals surface area contributed by atoms with Crippen LogP contribution in [0.1, 0.15) is 5.56 Å². The molecule has 3 aromatic rings. The highest BCUT2D eigenvalue weighted by atomic mass is 79.9. The number of carbonyl (C=O) groups excluding carboxylic acids is 4. The van der Waals surface area contributed by atoms with Gasteiger partial charge in [0.25, 0.3) is 17.7 Å². The van der Waals surface area contributed by atoms with Gasteiger partial charge in [-0.15, -0.1) is 0 Å². The molecule has 1 saturated heterocycles. The van der Waals surface area contributed by atoms with Gasteiger partial charge in [-0.3, -0.25) is 19.7 Å². The smallest absolute Gasteiger partial charge is 0.335 e. The first-order valence-electron chi connectivity index (χ1n) is 10.8. The number of anilines is 2. The highest BCUT2D eigenvalue weighted by Crippen LogP contribution is 2.29. The number of ether oxygens (including phenoxy) is 2. The van der Waals surface area contributed by atoms with Crippen molar-refractivity contribution < 1.29 is 33.8 Å². The number of para-hydroxylation sites is 2. The number of amides is 5. The second-order valence-electron chi connectivity index (χ2n) is 7.69. The van der Waals surface area contributed by atoms with Crippen LogP contribution < -0.4 is 25.0 Å². The molecule has 3 N–H and O–H groups in total. The number of nitrogens with zero attached hydrogens (tertiary/aromatic N) is 1. The number of phenolic OH excluding ortho intramolecular Hbond substituents is 1. The van der Waals surface area contributed by atoms with Crippen LogP contribution in [0.25, 0.3) is 6.08 Å². The zero-order valence-electron chi connectivity index (χ0n) is 19.4. The highest BCUT2D eigenvalue weighted by molar-refractivity contribution is 9.10. The van der Waals surface area contributed by atoms with Crippen LogP contribution in [-0.2, 0) is 14.4 Å². The van der Waals surface area contributed by atoms with Crippen molar-refractivity contribution in [2.24, 2.45) is 0 Å². The van der Waals surface area contributed by atoms with E-state index in [0.717, 1.165) is 4.90 Å². The minimum atomic E-state index is -0.920. The standard InChI is InChI=1S/C26H20BrN3O7/c1-36-22-5-3-2-4-20(22)28-23(32)14-37-21-11-6-16(27)12-15(21)13-19-24(33)29-26(35)30(25(19)34)17-7-9-18(31)10-8-17/h2-13,31H,14H2,1H3,(H,28,32)(H,29,33,35)/b19-13-. The summed E-state index contributed by atoms with van der Waals surface area (Å²) >= 11 is 3.34. The second-order valence-corrected chi connectivity index (χ2v) is 8.61. The lowest BCUT2D eigenvalue weighted by atomic mass is 10.1. The first kappa shape index (κ1) is 25.5. The Labute approximate surface area is 219 Å². The number of carbonyl (C=O) groups is 4. The molecule has 188 valence electrons. The number of barbiturate groups is 1. The third-order valence-electron chi connectivity index (χ3n) is 5.22. The fourth-order valence-electron chi connectivity index (χ4n) is 3.49. The van der Waals surface area contributed by atoms with Gasteiger partial charge in [-0.1, -0.05) is 28.1 Å². The van der Waals surface area contributed by atoms with Crippen LogP contribution in [0.4, 0.5) is 16.2 Å². The van der Waals surface area contributed by atoms with Crippen molar-refractivity contribution in [3.63, 3.8) is 0 Å². The predicted octanol–water partition coefficient (Wildman–Crippen LogP) is 3.85. The van der Waals surface area contributed by atoms with Crippen LogP contribution >= 0.6 is 15.9 Å². The Morgan fingerprint density at radius 1 is 1.05 bits per heavy atom. The zero-order valence-corrected chi connectivity index (χ0v) is 20.9. The molecule has 1 aliphatic rings. The summed E-state index contributed by atoms with van der Waals surface area (Å²) in [4.78, 5) is 51.4. The number of rotatable bonds is 7. The van der Waals surface area contributed by atoms with Gasteiger partial charge in [-0.25, -0.2) is 9.69 Å². The van der Waals surface area contributed by atoms with E-state index in [1.807, 2.05) is 0 Å². The maximum Gasteiger partial charge on any atom is 0.335 e. The number of benzene rings is 3. The minimum Gasteiger partial charge on any atom is -0.508 e. The second kappa shape index (κ2) is 11.0. The molecule has 10 nitrogen and oxygen atoms in total. The van der Waals surface area contributed by atoms with Crippen LogP contribution in [0.5, 0.6) is 17.2 Å². The van der Waals surface area contributed by atoms with Crippen molar-refractivity contribution >= 4 is 57.1 Å². The number of nitrogens with one attached hydrogen (secondary N) is 2. The third-order valence-corrected chi connectivity index (χ3v) is 5.71. The van der Waals surface area contributed by atoms with E-state index in [1.54, 1.807) is 42.5 Å². The van der Waals surface area contributed by atoms with E-state index in [-0.39, 0.29) is 29.4 Å². The fraction of sp³-hybridized carbons (Fsp3) is 0.0769. The number of methoxy groups -OCH3 is 1. The fourth-order valence-corrected chi connectivity index (χ4v) is 3.87. The van der Waals surface area contributed by atoms with E-state index >= 15 is 0 Å². The molecule has 0 aromatic heterocycles. The Hall–Kier alpha value is -4.64. The molecule has 37 heavy (non-hydrogen) atoms. The number of aromatic hydroxyl groups is 1. The average Bonchev–Trinajstić information content (AvgIpc) is 2.87. The largest absolute Gasteiger partial charge is 0.508 e. The van der Waals surface area contributed by atoms with Gasteiger partial charge in [0.2, 0.25) is 0 Å². The van der Waals surface area contributed by atoms with Crippen molar-refractivity contribution in [1.29, 1.82) is 0 Å². The number of hydrogen-bond acceptors (Lipinski definition) is 7. The molecule has 3 aromatic carbocycles. The minimum absolute atomic E-state index is 0.0499. The molecule has 11 heteroatoms. The molecule has 5 amide bonds. The number of phenols is 1. The van der Waals surface area contributed by atoms with Gasteiger partial charge in [0.1, 0.15) is 22.8 Å². The molecule has 0 unspecified atom stereocenters. The molecule has 0 aliphatic carbocycles. The Kier molecular flexibility index (Phi) is 7.54. The molecule has 0 spiro atoms. The average molecular weight is 566 g/mol. The molecule has 1 aliphatic heterocycles. The van der Waals surface area contributed by atoms with E-state index in [2.05, 4.69) is 26.6 Å². The summed E-state index contributed by atoms with van der Waals surface area (Å²) in [5.41, 5.74) is 0.629. The normalized spacial score (nSPS) is 14.4. The molecule has 0 atom stereocenters. The summed E-state index contributed by atoms with van der Waals surface area (Å²) in [6.45, 7) is -0.367. The first-order chi connectivity index (χ1) is 17.8. The number of urea groups is 1. The molecule has 0 saturated carbocycles. The summed E-state index contributed by atoms with van der Waals surface area (Å²) in [7, 11) is 1.49. The van der Waals surface area contributed by atoms with Crippen LogP contribution in [0, 0.1) is 0 Å². The van der Waals surface area contributed by atoms with Crippen LogP contribution in [0.3, 0.4) is 0 Å². The van der Waals surface area contributed by atoms with Gasteiger partial charge in [-0.2, -0.15) is 0 Å². The summed E-state index contributed by atoms with van der Waals surface area (Å²) < 4.78 is 11.5. The van der Waals surface area contributed by atoms with E-state index in [1.165, 1.54) is 37.5 Å². The van der Waals surface area contributed by atoms with Gasteiger partial charge in [0.05, 0.1) is 18.5 Å². The molecule has 4 rings (SSSR count).